The standard InChI is InChI=1S/C12H15NO.C2H6/c1-5-8(3)11-7-9(4)13-12(14)10(11)6-2;1-2/h5-7H,2H2,1,3-4H3,(H,13,14);1-2H3/b8-5-;. The summed E-state index contributed by atoms with van der Waals surface area (Å²) in [6.07, 6.45) is 3.59. The fourth-order valence-electron chi connectivity index (χ4n) is 1.38. The largest absolute Gasteiger partial charge is 0.326 e. The van der Waals surface area contributed by atoms with Crippen LogP contribution in [0, 0.1) is 6.92 Å². The normalized spacial score (nSPS) is 10.4. The lowest BCUT2D eigenvalue weighted by Crippen LogP contribution is -2.12. The Morgan fingerprint density at radius 1 is 1.44 bits per heavy atom. The first-order valence-electron chi connectivity index (χ1n) is 5.59. The highest BCUT2D eigenvalue weighted by Crippen LogP contribution is 2.17. The lowest BCUT2D eigenvalue weighted by atomic mass is 10.0. The highest BCUT2D eigenvalue weighted by molar-refractivity contribution is 5.72. The lowest BCUT2D eigenvalue weighted by Gasteiger charge is -2.06. The predicted molar refractivity (Wildman–Crippen MR) is 72.6 cm³/mol. The molecule has 2 nitrogen and oxygen atoms in total. The molecule has 0 aliphatic carbocycles. The zero-order chi connectivity index (χ0) is 12.7. The monoisotopic (exact) mass is 219 g/mol. The molecule has 1 N–H and O–H groups in total. The molecule has 0 aliphatic heterocycles. The second-order valence-corrected chi connectivity index (χ2v) is 3.28. The van der Waals surface area contributed by atoms with E-state index in [-0.39, 0.29) is 5.56 Å². The van der Waals surface area contributed by atoms with Crippen LogP contribution in [0.4, 0.5) is 0 Å². The van der Waals surface area contributed by atoms with Crippen molar-refractivity contribution < 1.29 is 0 Å². The average Bonchev–Trinajstić information content (AvgIpc) is 2.29. The van der Waals surface area contributed by atoms with Crippen LogP contribution in [-0.4, -0.2) is 4.98 Å². The van der Waals surface area contributed by atoms with Gasteiger partial charge >= 0.3 is 0 Å². The number of H-pyrrole nitrogens is 1. The van der Waals surface area contributed by atoms with Crippen molar-refractivity contribution in [3.05, 3.63) is 45.9 Å². The Morgan fingerprint density at radius 3 is 2.44 bits per heavy atom. The van der Waals surface area contributed by atoms with Crippen LogP contribution >= 0.6 is 0 Å². The topological polar surface area (TPSA) is 32.9 Å². The molecule has 1 rings (SSSR count). The number of rotatable bonds is 2. The van der Waals surface area contributed by atoms with E-state index >= 15 is 0 Å². The van der Waals surface area contributed by atoms with Gasteiger partial charge in [0.1, 0.15) is 0 Å². The zero-order valence-electron chi connectivity index (χ0n) is 10.8. The molecule has 2 heteroatoms. The van der Waals surface area contributed by atoms with Gasteiger partial charge in [0.2, 0.25) is 0 Å². The van der Waals surface area contributed by atoms with Gasteiger partial charge < -0.3 is 4.98 Å². The van der Waals surface area contributed by atoms with Crippen molar-refractivity contribution in [2.75, 3.05) is 0 Å². The van der Waals surface area contributed by atoms with E-state index < -0.39 is 0 Å². The Morgan fingerprint density at radius 2 is 2.00 bits per heavy atom. The number of aryl methyl sites for hydroxylation is 1. The van der Waals surface area contributed by atoms with Crippen molar-refractivity contribution in [3.8, 4) is 0 Å². The van der Waals surface area contributed by atoms with Crippen molar-refractivity contribution in [3.63, 3.8) is 0 Å². The van der Waals surface area contributed by atoms with E-state index in [4.69, 9.17) is 0 Å². The molecule has 16 heavy (non-hydrogen) atoms. The first kappa shape index (κ1) is 14.4. The molecule has 0 saturated carbocycles. The maximum atomic E-state index is 11.6. The summed E-state index contributed by atoms with van der Waals surface area (Å²) in [5.74, 6) is 0. The van der Waals surface area contributed by atoms with Gasteiger partial charge in [0.25, 0.3) is 5.56 Å². The van der Waals surface area contributed by atoms with Crippen LogP contribution in [0.15, 0.2) is 23.5 Å². The van der Waals surface area contributed by atoms with Gasteiger partial charge in [-0.05, 0) is 38.0 Å². The molecule has 0 saturated heterocycles. The molecule has 0 aromatic carbocycles. The molecule has 0 fully saturated rings. The quantitative estimate of drug-likeness (QED) is 0.806. The third-order valence-corrected chi connectivity index (χ3v) is 2.27. The van der Waals surface area contributed by atoms with E-state index in [0.717, 1.165) is 16.8 Å². The van der Waals surface area contributed by atoms with Crippen LogP contribution in [0.3, 0.4) is 0 Å². The molecule has 0 amide bonds. The van der Waals surface area contributed by atoms with E-state index in [0.29, 0.717) is 5.56 Å². The van der Waals surface area contributed by atoms with Crippen molar-refractivity contribution in [2.24, 2.45) is 0 Å². The van der Waals surface area contributed by atoms with Crippen LogP contribution in [0.25, 0.3) is 11.6 Å². The number of aromatic amines is 1. The van der Waals surface area contributed by atoms with Gasteiger partial charge in [0.05, 0.1) is 0 Å². The molecule has 1 heterocycles. The molecule has 0 unspecified atom stereocenters. The van der Waals surface area contributed by atoms with Gasteiger partial charge in [-0.1, -0.05) is 32.6 Å². The van der Waals surface area contributed by atoms with Crippen molar-refractivity contribution >= 4 is 11.6 Å². The summed E-state index contributed by atoms with van der Waals surface area (Å²) in [6, 6.07) is 1.97. The highest BCUT2D eigenvalue weighted by atomic mass is 16.1. The first-order valence-corrected chi connectivity index (χ1v) is 5.59. The maximum absolute atomic E-state index is 11.6. The van der Waals surface area contributed by atoms with Crippen LogP contribution in [0.5, 0.6) is 0 Å². The first-order chi connectivity index (χ1) is 7.60. The molecule has 0 bridgehead atoms. The highest BCUT2D eigenvalue weighted by Gasteiger charge is 2.05. The average molecular weight is 219 g/mol. The van der Waals surface area contributed by atoms with Crippen molar-refractivity contribution in [2.45, 2.75) is 34.6 Å². The molecule has 0 atom stereocenters. The summed E-state index contributed by atoms with van der Waals surface area (Å²) in [7, 11) is 0. The number of nitrogens with one attached hydrogen (secondary N) is 1. The summed E-state index contributed by atoms with van der Waals surface area (Å²) in [6.45, 7) is 13.5. The smallest absolute Gasteiger partial charge is 0.255 e. The maximum Gasteiger partial charge on any atom is 0.255 e. The summed E-state index contributed by atoms with van der Waals surface area (Å²) in [5.41, 5.74) is 3.50. The summed E-state index contributed by atoms with van der Waals surface area (Å²) >= 11 is 0. The van der Waals surface area contributed by atoms with Gasteiger partial charge in [-0.25, -0.2) is 0 Å². The zero-order valence-corrected chi connectivity index (χ0v) is 10.8. The van der Waals surface area contributed by atoms with Crippen LogP contribution in [0.2, 0.25) is 0 Å². The molecule has 88 valence electrons. The minimum Gasteiger partial charge on any atom is -0.326 e. The van der Waals surface area contributed by atoms with E-state index in [1.807, 2.05) is 46.8 Å². The second kappa shape index (κ2) is 6.83. The van der Waals surface area contributed by atoms with Gasteiger partial charge in [0, 0.05) is 11.3 Å². The van der Waals surface area contributed by atoms with Gasteiger partial charge in [-0.15, -0.1) is 0 Å². The third-order valence-electron chi connectivity index (χ3n) is 2.27. The van der Waals surface area contributed by atoms with Crippen LogP contribution in [-0.2, 0) is 0 Å². The molecule has 1 aromatic rings. The molecule has 1 aromatic heterocycles. The van der Waals surface area contributed by atoms with Crippen molar-refractivity contribution in [1.82, 2.24) is 4.98 Å². The van der Waals surface area contributed by atoms with E-state index in [9.17, 15) is 4.79 Å². The second-order valence-electron chi connectivity index (χ2n) is 3.28. The Hall–Kier alpha value is -1.57. The Labute approximate surface area is 97.7 Å². The molecule has 0 radical (unpaired) electrons. The number of aromatic nitrogens is 1. The van der Waals surface area contributed by atoms with Gasteiger partial charge in [-0.2, -0.15) is 0 Å². The molecular formula is C14H21NO. The summed E-state index contributed by atoms with van der Waals surface area (Å²) in [5, 5.41) is 0. The lowest BCUT2D eigenvalue weighted by molar-refractivity contribution is 1.13. The summed E-state index contributed by atoms with van der Waals surface area (Å²) in [4.78, 5) is 14.3. The van der Waals surface area contributed by atoms with Gasteiger partial charge in [0.15, 0.2) is 0 Å². The van der Waals surface area contributed by atoms with E-state index in [2.05, 4.69) is 11.6 Å². The number of pyridine rings is 1. The predicted octanol–water partition coefficient (Wildman–Crippen LogP) is 3.78. The van der Waals surface area contributed by atoms with Gasteiger partial charge in [-0.3, -0.25) is 4.79 Å². The molecule has 0 aliphatic rings. The Balaban J connectivity index is 0.00000106. The van der Waals surface area contributed by atoms with E-state index in [1.165, 1.54) is 0 Å². The number of hydrogen-bond acceptors (Lipinski definition) is 1. The summed E-state index contributed by atoms with van der Waals surface area (Å²) < 4.78 is 0. The molecular weight excluding hydrogens is 198 g/mol. The third kappa shape index (κ3) is 3.23. The number of allylic oxidation sites excluding steroid dienone is 2. The Bertz CT molecular complexity index is 439. The molecule has 0 spiro atoms. The van der Waals surface area contributed by atoms with Crippen LogP contribution < -0.4 is 5.56 Å². The SMILES string of the molecule is C=Cc1c(/C(C)=C\C)cc(C)[nH]c1=O.CC. The number of hydrogen-bond donors (Lipinski definition) is 1. The fourth-order valence-corrected chi connectivity index (χ4v) is 1.38. The Kier molecular flexibility index (Phi) is 6.16. The van der Waals surface area contributed by atoms with E-state index in [1.54, 1.807) is 6.08 Å². The minimum atomic E-state index is -0.0730. The van der Waals surface area contributed by atoms with Crippen molar-refractivity contribution in [1.29, 1.82) is 0 Å². The minimum absolute atomic E-state index is 0.0730. The van der Waals surface area contributed by atoms with Crippen LogP contribution in [0.1, 0.15) is 44.5 Å². The fraction of sp³-hybridized carbons (Fsp3) is 0.357.